The molecule has 0 aromatic carbocycles. The lowest BCUT2D eigenvalue weighted by Gasteiger charge is -2.26. The van der Waals surface area contributed by atoms with E-state index in [0.717, 1.165) is 71.7 Å². The summed E-state index contributed by atoms with van der Waals surface area (Å²) >= 11 is 0. The summed E-state index contributed by atoms with van der Waals surface area (Å²) in [5.41, 5.74) is 7.10. The molecule has 0 saturated heterocycles. The molecule has 0 atom stereocenters. The summed E-state index contributed by atoms with van der Waals surface area (Å²) < 4.78 is 3.78. The normalized spacial score (nSPS) is 13.7. The van der Waals surface area contributed by atoms with Crippen molar-refractivity contribution in [3.63, 3.8) is 0 Å². The van der Waals surface area contributed by atoms with E-state index in [2.05, 4.69) is 58.8 Å². The van der Waals surface area contributed by atoms with Gasteiger partial charge >= 0.3 is 0 Å². The first-order chi connectivity index (χ1) is 17.7. The largest absolute Gasteiger partial charge is 0.351 e. The summed E-state index contributed by atoms with van der Waals surface area (Å²) in [5, 5.41) is 7.66. The van der Waals surface area contributed by atoms with Gasteiger partial charge in [-0.05, 0) is 55.2 Å². The van der Waals surface area contributed by atoms with Gasteiger partial charge in [-0.25, -0.2) is 29.6 Å². The second-order valence-electron chi connectivity index (χ2n) is 8.70. The van der Waals surface area contributed by atoms with Crippen molar-refractivity contribution >= 4 is 28.5 Å². The molecule has 0 aliphatic carbocycles. The zero-order valence-corrected chi connectivity index (χ0v) is 20.2. The molecule has 5 aromatic heterocycles. The molecule has 1 N–H and O–H groups in total. The van der Waals surface area contributed by atoms with Gasteiger partial charge in [0.2, 0.25) is 5.95 Å². The van der Waals surface area contributed by atoms with Crippen LogP contribution in [0.2, 0.25) is 0 Å². The number of aryl methyl sites for hydroxylation is 2. The van der Waals surface area contributed by atoms with Crippen LogP contribution in [0, 0.1) is 6.92 Å². The van der Waals surface area contributed by atoms with Gasteiger partial charge < -0.3 is 10.2 Å². The molecule has 0 unspecified atom stereocenters. The fourth-order valence-corrected chi connectivity index (χ4v) is 4.40. The molecule has 10 heteroatoms. The smallest absolute Gasteiger partial charge is 0.225 e. The lowest BCUT2D eigenvalue weighted by molar-refractivity contribution is 0.790. The van der Waals surface area contributed by atoms with Crippen LogP contribution in [0.25, 0.3) is 17.0 Å². The van der Waals surface area contributed by atoms with Crippen molar-refractivity contribution in [3.05, 3.63) is 84.7 Å². The van der Waals surface area contributed by atoms with Gasteiger partial charge in [-0.1, -0.05) is 13.0 Å². The van der Waals surface area contributed by atoms with E-state index in [1.54, 1.807) is 11.0 Å². The van der Waals surface area contributed by atoms with E-state index in [-0.39, 0.29) is 0 Å². The predicted octanol–water partition coefficient (Wildman–Crippen LogP) is 4.01. The Balaban J connectivity index is 1.23. The zero-order chi connectivity index (χ0) is 24.5. The number of fused-ring (bicyclic) bond motifs is 1. The SMILES string of the molecule is CCc1cnc(N2CC=C(c3cnc4c(Nc5ccc(-n6cncn6)nc5C)cccn34)CC2)nc1. The Hall–Kier alpha value is -4.60. The van der Waals surface area contributed by atoms with E-state index in [1.807, 2.05) is 49.8 Å². The number of imidazole rings is 1. The van der Waals surface area contributed by atoms with Gasteiger partial charge in [0.15, 0.2) is 11.5 Å². The highest BCUT2D eigenvalue weighted by atomic mass is 15.3. The molecule has 0 fully saturated rings. The fourth-order valence-electron chi connectivity index (χ4n) is 4.40. The number of anilines is 3. The third kappa shape index (κ3) is 4.06. The van der Waals surface area contributed by atoms with Crippen LogP contribution in [0.1, 0.15) is 30.3 Å². The van der Waals surface area contributed by atoms with Crippen LogP contribution < -0.4 is 10.2 Å². The highest BCUT2D eigenvalue weighted by molar-refractivity contribution is 5.78. The summed E-state index contributed by atoms with van der Waals surface area (Å²) in [4.78, 5) is 24.7. The first-order valence-electron chi connectivity index (χ1n) is 12.0. The Morgan fingerprint density at radius 2 is 1.92 bits per heavy atom. The number of nitrogens with one attached hydrogen (secondary N) is 1. The molecule has 36 heavy (non-hydrogen) atoms. The van der Waals surface area contributed by atoms with Gasteiger partial charge in [-0.15, -0.1) is 0 Å². The lowest BCUT2D eigenvalue weighted by atomic mass is 10.1. The zero-order valence-electron chi connectivity index (χ0n) is 20.2. The molecule has 0 bridgehead atoms. The summed E-state index contributed by atoms with van der Waals surface area (Å²) in [7, 11) is 0. The van der Waals surface area contributed by atoms with Crippen molar-refractivity contribution in [1.82, 2.24) is 39.1 Å². The van der Waals surface area contributed by atoms with Crippen molar-refractivity contribution in [1.29, 1.82) is 0 Å². The van der Waals surface area contributed by atoms with E-state index in [9.17, 15) is 0 Å². The van der Waals surface area contributed by atoms with Gasteiger partial charge in [-0.2, -0.15) is 5.10 Å². The number of pyridine rings is 2. The number of aromatic nitrogens is 8. The standard InChI is InChI=1S/C26H26N10/c1-3-19-13-29-26(30-14-19)34-11-8-20(9-12-34)23-15-28-25-22(5-4-10-35(23)25)33-21-6-7-24(32-18(21)2)36-17-27-16-31-36/h4-8,10,13-17,33H,3,9,11-12H2,1-2H3. The maximum absolute atomic E-state index is 4.75. The molecule has 0 amide bonds. The Morgan fingerprint density at radius 1 is 1.03 bits per heavy atom. The van der Waals surface area contributed by atoms with Gasteiger partial charge in [0.05, 0.1) is 29.0 Å². The third-order valence-corrected chi connectivity index (χ3v) is 6.45. The minimum absolute atomic E-state index is 0.724. The second-order valence-corrected chi connectivity index (χ2v) is 8.70. The van der Waals surface area contributed by atoms with Crippen molar-refractivity contribution in [3.8, 4) is 5.82 Å². The molecule has 0 saturated carbocycles. The number of rotatable bonds is 6. The van der Waals surface area contributed by atoms with Gasteiger partial charge in [0, 0.05) is 31.7 Å². The Labute approximate surface area is 208 Å². The van der Waals surface area contributed by atoms with Gasteiger partial charge in [0.25, 0.3) is 0 Å². The maximum Gasteiger partial charge on any atom is 0.225 e. The second kappa shape index (κ2) is 9.21. The maximum atomic E-state index is 4.75. The van der Waals surface area contributed by atoms with E-state index < -0.39 is 0 Å². The van der Waals surface area contributed by atoms with E-state index in [1.165, 1.54) is 11.9 Å². The topological polar surface area (TPSA) is 102 Å². The average Bonchev–Trinajstić information content (AvgIpc) is 3.61. The van der Waals surface area contributed by atoms with E-state index in [4.69, 9.17) is 4.98 Å². The Kier molecular flexibility index (Phi) is 5.61. The Bertz CT molecular complexity index is 1530. The number of hydrogen-bond donors (Lipinski definition) is 1. The fraction of sp³-hybridized carbons (Fsp3) is 0.231. The Morgan fingerprint density at radius 3 is 2.64 bits per heavy atom. The summed E-state index contributed by atoms with van der Waals surface area (Å²) in [6.45, 7) is 5.72. The first kappa shape index (κ1) is 21.9. The molecule has 0 spiro atoms. The minimum atomic E-state index is 0.724. The van der Waals surface area contributed by atoms with Crippen LogP contribution in [-0.2, 0) is 6.42 Å². The molecule has 5 aromatic rings. The minimum Gasteiger partial charge on any atom is -0.351 e. The molecule has 0 radical (unpaired) electrons. The van der Waals surface area contributed by atoms with Crippen LogP contribution in [0.15, 0.2) is 67.8 Å². The van der Waals surface area contributed by atoms with Crippen molar-refractivity contribution in [2.45, 2.75) is 26.7 Å². The summed E-state index contributed by atoms with van der Waals surface area (Å²) in [6, 6.07) is 7.98. The van der Waals surface area contributed by atoms with Crippen LogP contribution in [-0.4, -0.2) is 52.2 Å². The van der Waals surface area contributed by atoms with Crippen molar-refractivity contribution < 1.29 is 0 Å². The van der Waals surface area contributed by atoms with Gasteiger partial charge in [0.1, 0.15) is 12.7 Å². The van der Waals surface area contributed by atoms with Crippen LogP contribution >= 0.6 is 0 Å². The lowest BCUT2D eigenvalue weighted by Crippen LogP contribution is -2.30. The molecular weight excluding hydrogens is 452 g/mol. The van der Waals surface area contributed by atoms with Crippen LogP contribution in [0.3, 0.4) is 0 Å². The molecule has 6 heterocycles. The number of hydrogen-bond acceptors (Lipinski definition) is 8. The molecule has 1 aliphatic rings. The summed E-state index contributed by atoms with van der Waals surface area (Å²) in [6.07, 6.45) is 15.1. The van der Waals surface area contributed by atoms with Crippen LogP contribution in [0.4, 0.5) is 17.3 Å². The summed E-state index contributed by atoms with van der Waals surface area (Å²) in [5.74, 6) is 1.51. The highest BCUT2D eigenvalue weighted by Gasteiger charge is 2.18. The van der Waals surface area contributed by atoms with E-state index >= 15 is 0 Å². The van der Waals surface area contributed by atoms with Gasteiger partial charge in [-0.3, -0.25) is 4.40 Å². The average molecular weight is 479 g/mol. The molecule has 180 valence electrons. The quantitative estimate of drug-likeness (QED) is 0.391. The molecule has 6 rings (SSSR count). The van der Waals surface area contributed by atoms with Crippen molar-refractivity contribution in [2.75, 3.05) is 23.3 Å². The highest BCUT2D eigenvalue weighted by Crippen LogP contribution is 2.29. The van der Waals surface area contributed by atoms with Crippen LogP contribution in [0.5, 0.6) is 0 Å². The molecular formula is C26H26N10. The molecule has 1 aliphatic heterocycles. The number of nitrogens with zero attached hydrogens (tertiary/aromatic N) is 9. The van der Waals surface area contributed by atoms with Crippen molar-refractivity contribution in [2.24, 2.45) is 0 Å². The monoisotopic (exact) mass is 478 g/mol. The first-order valence-corrected chi connectivity index (χ1v) is 12.0. The third-order valence-electron chi connectivity index (χ3n) is 6.45. The van der Waals surface area contributed by atoms with E-state index in [0.29, 0.717) is 0 Å². The predicted molar refractivity (Wildman–Crippen MR) is 139 cm³/mol. The molecule has 10 nitrogen and oxygen atoms in total.